The molecule has 0 unspecified atom stereocenters. The Morgan fingerprint density at radius 1 is 1.00 bits per heavy atom. The van der Waals surface area contributed by atoms with Gasteiger partial charge in [0.25, 0.3) is 5.56 Å². The molecule has 2 aromatic heterocycles. The third kappa shape index (κ3) is 4.75. The van der Waals surface area contributed by atoms with E-state index in [1.54, 1.807) is 6.07 Å². The Balaban J connectivity index is 1.02. The highest BCUT2D eigenvalue weighted by atomic mass is 19.1. The van der Waals surface area contributed by atoms with Crippen LogP contribution >= 0.6 is 0 Å². The number of piperidine rings is 1. The number of aromatic amines is 1. The second kappa shape index (κ2) is 9.89. The van der Waals surface area contributed by atoms with Gasteiger partial charge in [-0.05, 0) is 107 Å². The zero-order valence-electron chi connectivity index (χ0n) is 21.2. The van der Waals surface area contributed by atoms with Crippen molar-refractivity contribution in [1.29, 1.82) is 0 Å². The van der Waals surface area contributed by atoms with Crippen LogP contribution in [0.15, 0.2) is 50.5 Å². The van der Waals surface area contributed by atoms with Crippen molar-refractivity contribution in [2.75, 3.05) is 19.6 Å². The molecule has 4 aromatic rings. The maximum Gasteiger partial charge on any atom is 0.329 e. The molecule has 1 N–H and O–H groups in total. The zero-order chi connectivity index (χ0) is 25.5. The lowest BCUT2D eigenvalue weighted by molar-refractivity contribution is 0.177. The lowest BCUT2D eigenvalue weighted by Crippen LogP contribution is -2.39. The molecule has 7 nitrogen and oxygen atoms in total. The first kappa shape index (κ1) is 24.1. The number of H-pyrrole nitrogens is 1. The third-order valence-corrected chi connectivity index (χ3v) is 8.56. The second-order valence-corrected chi connectivity index (χ2v) is 10.9. The van der Waals surface area contributed by atoms with Crippen LogP contribution < -0.4 is 11.2 Å². The molecule has 2 fully saturated rings. The molecule has 0 amide bonds. The minimum absolute atomic E-state index is 0.0281. The lowest BCUT2D eigenvalue weighted by Gasteiger charge is -2.34. The predicted octanol–water partition coefficient (Wildman–Crippen LogP) is 5.28. The zero-order valence-corrected chi connectivity index (χ0v) is 21.2. The van der Waals surface area contributed by atoms with Crippen LogP contribution in [0.25, 0.3) is 21.9 Å². The van der Waals surface area contributed by atoms with Crippen LogP contribution in [0.1, 0.15) is 68.2 Å². The normalized spacial score (nSPS) is 21.7. The molecule has 0 radical (unpaired) electrons. The third-order valence-electron chi connectivity index (χ3n) is 8.56. The summed E-state index contributed by atoms with van der Waals surface area (Å²) in [6, 6.07) is 10.2. The SMILES string of the molecule is Cc1ccc2c(=O)n(C3CCC(CCN4CCC(c5noc6cc(F)ccc56)CC4)CC3)c(=O)[nH]c2c1. The van der Waals surface area contributed by atoms with E-state index in [0.717, 1.165) is 81.2 Å². The molecular weight excluding hydrogens is 471 g/mol. The molecule has 2 aliphatic rings. The van der Waals surface area contributed by atoms with E-state index in [2.05, 4.69) is 15.0 Å². The highest BCUT2D eigenvalue weighted by molar-refractivity contribution is 5.80. The summed E-state index contributed by atoms with van der Waals surface area (Å²) in [5.41, 5.74) is 2.66. The van der Waals surface area contributed by atoms with E-state index in [-0.39, 0.29) is 23.1 Å². The Morgan fingerprint density at radius 2 is 1.76 bits per heavy atom. The molecule has 0 atom stereocenters. The van der Waals surface area contributed by atoms with Crippen molar-refractivity contribution in [1.82, 2.24) is 19.6 Å². The molecule has 0 spiro atoms. The molecule has 3 heterocycles. The highest BCUT2D eigenvalue weighted by Gasteiger charge is 2.28. The van der Waals surface area contributed by atoms with Gasteiger partial charge in [-0.2, -0.15) is 0 Å². The summed E-state index contributed by atoms with van der Waals surface area (Å²) in [5.74, 6) is 0.673. The molecule has 8 heteroatoms. The first-order chi connectivity index (χ1) is 18.0. The number of hydrogen-bond acceptors (Lipinski definition) is 5. The minimum Gasteiger partial charge on any atom is -0.356 e. The van der Waals surface area contributed by atoms with Crippen molar-refractivity contribution in [3.63, 3.8) is 0 Å². The molecule has 6 rings (SSSR count). The molecule has 0 bridgehead atoms. The fraction of sp³-hybridized carbons (Fsp3) is 0.483. The van der Waals surface area contributed by atoms with E-state index >= 15 is 0 Å². The van der Waals surface area contributed by atoms with Gasteiger partial charge in [0.15, 0.2) is 5.58 Å². The van der Waals surface area contributed by atoms with Gasteiger partial charge in [0, 0.05) is 23.4 Å². The maximum atomic E-state index is 13.5. The van der Waals surface area contributed by atoms with E-state index in [0.29, 0.717) is 28.3 Å². The van der Waals surface area contributed by atoms with E-state index in [1.165, 1.54) is 16.7 Å². The number of hydrogen-bond donors (Lipinski definition) is 1. The minimum atomic E-state index is -0.301. The van der Waals surface area contributed by atoms with Crippen LogP contribution in [0.5, 0.6) is 0 Å². The topological polar surface area (TPSA) is 84.1 Å². The van der Waals surface area contributed by atoms with Gasteiger partial charge >= 0.3 is 5.69 Å². The van der Waals surface area contributed by atoms with Crippen molar-refractivity contribution in [2.45, 2.75) is 63.8 Å². The maximum absolute atomic E-state index is 13.5. The van der Waals surface area contributed by atoms with Crippen molar-refractivity contribution < 1.29 is 8.91 Å². The summed E-state index contributed by atoms with van der Waals surface area (Å²) < 4.78 is 20.3. The number of fused-ring (bicyclic) bond motifs is 2. The van der Waals surface area contributed by atoms with Crippen LogP contribution in [-0.2, 0) is 0 Å². The van der Waals surface area contributed by atoms with Crippen molar-refractivity contribution in [2.24, 2.45) is 5.92 Å². The molecule has 194 valence electrons. The van der Waals surface area contributed by atoms with Gasteiger partial charge in [-0.15, -0.1) is 0 Å². The van der Waals surface area contributed by atoms with E-state index in [1.807, 2.05) is 25.1 Å². The average molecular weight is 505 g/mol. The van der Waals surface area contributed by atoms with Crippen LogP contribution in [-0.4, -0.2) is 39.2 Å². The Kier molecular flexibility index (Phi) is 6.44. The number of benzene rings is 2. The highest BCUT2D eigenvalue weighted by Crippen LogP contribution is 2.35. The van der Waals surface area contributed by atoms with Crippen molar-refractivity contribution >= 4 is 21.9 Å². The first-order valence-corrected chi connectivity index (χ1v) is 13.5. The Hall–Kier alpha value is -3.26. The van der Waals surface area contributed by atoms with Crippen LogP contribution in [0.2, 0.25) is 0 Å². The lowest BCUT2D eigenvalue weighted by atomic mass is 9.83. The molecule has 1 saturated heterocycles. The smallest absolute Gasteiger partial charge is 0.329 e. The van der Waals surface area contributed by atoms with Crippen molar-refractivity contribution in [3.8, 4) is 0 Å². The number of nitrogens with zero attached hydrogens (tertiary/aromatic N) is 3. The summed E-state index contributed by atoms with van der Waals surface area (Å²) in [6.45, 7) is 5.07. The van der Waals surface area contributed by atoms with E-state index < -0.39 is 0 Å². The van der Waals surface area contributed by atoms with Gasteiger partial charge in [-0.3, -0.25) is 9.36 Å². The summed E-state index contributed by atoms with van der Waals surface area (Å²) in [7, 11) is 0. The number of likely N-dealkylation sites (tertiary alicyclic amines) is 1. The van der Waals surface area contributed by atoms with Gasteiger partial charge in [0.05, 0.1) is 16.6 Å². The predicted molar refractivity (Wildman–Crippen MR) is 142 cm³/mol. The summed E-state index contributed by atoms with van der Waals surface area (Å²) in [5, 5.41) is 5.77. The molecule has 1 aliphatic carbocycles. The summed E-state index contributed by atoms with van der Waals surface area (Å²) >= 11 is 0. The Morgan fingerprint density at radius 3 is 2.54 bits per heavy atom. The molecular formula is C29H33FN4O3. The number of nitrogens with one attached hydrogen (secondary N) is 1. The molecule has 37 heavy (non-hydrogen) atoms. The van der Waals surface area contributed by atoms with Crippen molar-refractivity contribution in [3.05, 3.63) is 74.3 Å². The number of aromatic nitrogens is 3. The van der Waals surface area contributed by atoms with Crippen LogP contribution in [0, 0.1) is 18.7 Å². The second-order valence-electron chi connectivity index (χ2n) is 10.9. The Bertz CT molecular complexity index is 1540. The molecule has 1 saturated carbocycles. The van der Waals surface area contributed by atoms with Gasteiger partial charge in [-0.1, -0.05) is 11.2 Å². The fourth-order valence-corrected chi connectivity index (χ4v) is 6.39. The van der Waals surface area contributed by atoms with Gasteiger partial charge < -0.3 is 14.4 Å². The monoisotopic (exact) mass is 504 g/mol. The number of rotatable bonds is 5. The fourth-order valence-electron chi connectivity index (χ4n) is 6.39. The molecule has 2 aromatic carbocycles. The largest absolute Gasteiger partial charge is 0.356 e. The standard InChI is InChI=1S/C29H33FN4O3/c1-18-2-8-23-25(16-18)31-29(36)34(28(23)35)22-6-3-19(4-7-22)10-13-33-14-11-20(12-15-33)27-24-9-5-21(30)17-26(24)37-32-27/h2,5,8-9,16-17,19-20,22H,3-4,6-7,10-15H2,1H3,(H,31,36). The van der Waals surface area contributed by atoms with Gasteiger partial charge in [-0.25, -0.2) is 9.18 Å². The molecule has 1 aliphatic heterocycles. The summed E-state index contributed by atoms with van der Waals surface area (Å²) in [6.07, 6.45) is 7.02. The first-order valence-electron chi connectivity index (χ1n) is 13.5. The number of aryl methyl sites for hydroxylation is 1. The van der Waals surface area contributed by atoms with Gasteiger partial charge in [0.2, 0.25) is 0 Å². The summed E-state index contributed by atoms with van der Waals surface area (Å²) in [4.78, 5) is 31.3. The van der Waals surface area contributed by atoms with Gasteiger partial charge in [0.1, 0.15) is 5.82 Å². The van der Waals surface area contributed by atoms with E-state index in [9.17, 15) is 14.0 Å². The quantitative estimate of drug-likeness (QED) is 0.400. The Labute approximate surface area is 214 Å². The van der Waals surface area contributed by atoms with Crippen LogP contribution in [0.3, 0.4) is 0 Å². The van der Waals surface area contributed by atoms with Crippen LogP contribution in [0.4, 0.5) is 4.39 Å². The number of halogens is 1. The average Bonchev–Trinajstić information content (AvgIpc) is 3.31. The van der Waals surface area contributed by atoms with E-state index in [4.69, 9.17) is 4.52 Å².